The van der Waals surface area contributed by atoms with Gasteiger partial charge in [-0.3, -0.25) is 9.54 Å². The molecule has 0 aliphatic carbocycles. The van der Waals surface area contributed by atoms with Crippen LogP contribution >= 0.6 is 11.6 Å². The average molecular weight is 393 g/mol. The molecule has 1 rings (SSSR count). The molecule has 0 radical (unpaired) electrons. The van der Waals surface area contributed by atoms with Crippen molar-refractivity contribution in [3.63, 3.8) is 0 Å². The summed E-state index contributed by atoms with van der Waals surface area (Å²) in [5.74, 6) is 0.177. The molecule has 6 nitrogen and oxygen atoms in total. The Morgan fingerprint density at radius 2 is 1.88 bits per heavy atom. The van der Waals surface area contributed by atoms with Crippen LogP contribution in [-0.4, -0.2) is 61.9 Å². The SMILES string of the molecule is CC(C)(C)c1cc(NCC[N+](C)(C)CCCS(=O)(=O)O)cc(CCl)n1. The van der Waals surface area contributed by atoms with Crippen molar-refractivity contribution >= 4 is 27.4 Å². The number of anilines is 1. The zero-order valence-corrected chi connectivity index (χ0v) is 17.4. The van der Waals surface area contributed by atoms with E-state index in [1.54, 1.807) is 0 Å². The Balaban J connectivity index is 2.62. The number of nitrogens with zero attached hydrogens (tertiary/aromatic N) is 2. The van der Waals surface area contributed by atoms with Gasteiger partial charge in [0.2, 0.25) is 0 Å². The van der Waals surface area contributed by atoms with Gasteiger partial charge in [0.25, 0.3) is 10.1 Å². The minimum absolute atomic E-state index is 0.0520. The van der Waals surface area contributed by atoms with Gasteiger partial charge >= 0.3 is 0 Å². The Hall–Kier alpha value is -0.890. The van der Waals surface area contributed by atoms with E-state index in [4.69, 9.17) is 16.2 Å². The van der Waals surface area contributed by atoms with Gasteiger partial charge in [-0.1, -0.05) is 20.8 Å². The molecule has 144 valence electrons. The molecule has 25 heavy (non-hydrogen) atoms. The number of rotatable bonds is 9. The van der Waals surface area contributed by atoms with Crippen LogP contribution in [0.1, 0.15) is 38.6 Å². The highest BCUT2D eigenvalue weighted by Gasteiger charge is 2.18. The molecule has 1 aromatic heterocycles. The molecule has 1 aromatic rings. The van der Waals surface area contributed by atoms with Gasteiger partial charge in [-0.25, -0.2) is 0 Å². The van der Waals surface area contributed by atoms with E-state index in [9.17, 15) is 8.42 Å². The first-order chi connectivity index (χ1) is 11.3. The highest BCUT2D eigenvalue weighted by Crippen LogP contribution is 2.24. The van der Waals surface area contributed by atoms with Crippen molar-refractivity contribution in [3.05, 3.63) is 23.5 Å². The summed E-state index contributed by atoms with van der Waals surface area (Å²) in [6.07, 6.45) is 0.436. The molecule has 0 atom stereocenters. The second kappa shape index (κ2) is 8.66. The van der Waals surface area contributed by atoms with Gasteiger partial charge in [0, 0.05) is 23.2 Å². The Labute approximate surface area is 156 Å². The maximum absolute atomic E-state index is 10.8. The van der Waals surface area contributed by atoms with Gasteiger partial charge in [-0.2, -0.15) is 8.42 Å². The minimum atomic E-state index is -3.88. The zero-order valence-electron chi connectivity index (χ0n) is 15.8. The molecule has 8 heteroatoms. The quantitative estimate of drug-likeness (QED) is 0.383. The summed E-state index contributed by atoms with van der Waals surface area (Å²) in [5.41, 5.74) is 2.78. The van der Waals surface area contributed by atoms with Crippen molar-refractivity contribution in [2.24, 2.45) is 0 Å². The van der Waals surface area contributed by atoms with E-state index < -0.39 is 10.1 Å². The van der Waals surface area contributed by atoms with Crippen LogP contribution in [0.2, 0.25) is 0 Å². The highest BCUT2D eigenvalue weighted by molar-refractivity contribution is 7.85. The number of likely N-dealkylation sites (N-methyl/N-ethyl adjacent to an activating group) is 1. The first-order valence-electron chi connectivity index (χ1n) is 8.41. The third kappa shape index (κ3) is 8.85. The fourth-order valence-corrected chi connectivity index (χ4v) is 3.06. The van der Waals surface area contributed by atoms with E-state index in [0.717, 1.165) is 30.2 Å². The van der Waals surface area contributed by atoms with E-state index in [-0.39, 0.29) is 11.2 Å². The van der Waals surface area contributed by atoms with E-state index in [2.05, 4.69) is 31.1 Å². The monoisotopic (exact) mass is 392 g/mol. The van der Waals surface area contributed by atoms with Crippen LogP contribution in [-0.2, 0) is 21.4 Å². The van der Waals surface area contributed by atoms with Gasteiger partial charge in [-0.15, -0.1) is 11.6 Å². The van der Waals surface area contributed by atoms with E-state index >= 15 is 0 Å². The molecule has 1 heterocycles. The molecule has 0 spiro atoms. The fraction of sp³-hybridized carbons (Fsp3) is 0.706. The van der Waals surface area contributed by atoms with Gasteiger partial charge in [0.15, 0.2) is 0 Å². The molecular formula is C17H31ClN3O3S+. The van der Waals surface area contributed by atoms with Crippen molar-refractivity contribution < 1.29 is 17.5 Å². The van der Waals surface area contributed by atoms with Gasteiger partial charge < -0.3 is 9.80 Å². The van der Waals surface area contributed by atoms with Crippen LogP contribution < -0.4 is 5.32 Å². The molecule has 2 N–H and O–H groups in total. The summed E-state index contributed by atoms with van der Waals surface area (Å²) >= 11 is 5.96. The minimum Gasteiger partial charge on any atom is -0.379 e. The molecule has 0 saturated heterocycles. The molecule has 0 amide bonds. The smallest absolute Gasteiger partial charge is 0.265 e. The van der Waals surface area contributed by atoms with Crippen LogP contribution in [0.4, 0.5) is 5.69 Å². The van der Waals surface area contributed by atoms with Crippen LogP contribution in [0.3, 0.4) is 0 Å². The third-order valence-electron chi connectivity index (χ3n) is 4.00. The number of pyridine rings is 1. The molecule has 0 fully saturated rings. The van der Waals surface area contributed by atoms with E-state index in [1.165, 1.54) is 0 Å². The number of hydrogen-bond donors (Lipinski definition) is 2. The van der Waals surface area contributed by atoms with Crippen molar-refractivity contribution in [2.75, 3.05) is 44.8 Å². The van der Waals surface area contributed by atoms with Crippen molar-refractivity contribution in [3.8, 4) is 0 Å². The predicted octanol–water partition coefficient (Wildman–Crippen LogP) is 2.88. The largest absolute Gasteiger partial charge is 0.379 e. The number of nitrogens with one attached hydrogen (secondary N) is 1. The number of aromatic nitrogens is 1. The second-order valence-electron chi connectivity index (χ2n) is 8.07. The molecule has 0 aliphatic rings. The highest BCUT2D eigenvalue weighted by atomic mass is 35.5. The summed E-state index contributed by atoms with van der Waals surface area (Å²) in [6.45, 7) is 8.60. The standard InChI is InChI=1S/C17H30ClN3O3S/c1-17(2,3)16-12-14(11-15(13-18)20-16)19-7-9-21(4,5)8-6-10-25(22,23)24/h11-12H,6-10,13H2,1-5H3,(H-,19,20,22,23,24)/p+1. The molecule has 0 bridgehead atoms. The van der Waals surface area contributed by atoms with Crippen LogP contribution in [0.25, 0.3) is 0 Å². The maximum atomic E-state index is 10.8. The van der Waals surface area contributed by atoms with E-state index in [1.807, 2.05) is 26.2 Å². The first-order valence-corrected chi connectivity index (χ1v) is 10.6. The van der Waals surface area contributed by atoms with Gasteiger partial charge in [0.05, 0.1) is 51.1 Å². The molecule has 0 unspecified atom stereocenters. The summed E-state index contributed by atoms with van der Waals surface area (Å²) in [6, 6.07) is 4.01. The summed E-state index contributed by atoms with van der Waals surface area (Å²) in [7, 11) is 0.208. The average Bonchev–Trinajstić information content (AvgIpc) is 2.44. The lowest BCUT2D eigenvalue weighted by molar-refractivity contribution is -0.888. The Morgan fingerprint density at radius 1 is 1.24 bits per heavy atom. The second-order valence-corrected chi connectivity index (χ2v) is 9.90. The van der Waals surface area contributed by atoms with Crippen molar-refractivity contribution in [1.29, 1.82) is 0 Å². The Bertz CT molecular complexity index is 670. The number of halogens is 1. The normalized spacial score (nSPS) is 13.1. The van der Waals surface area contributed by atoms with Crippen LogP contribution in [0.5, 0.6) is 0 Å². The number of hydrogen-bond acceptors (Lipinski definition) is 4. The van der Waals surface area contributed by atoms with Gasteiger partial charge in [0.1, 0.15) is 0 Å². The van der Waals surface area contributed by atoms with Crippen LogP contribution in [0, 0.1) is 0 Å². The predicted molar refractivity (Wildman–Crippen MR) is 104 cm³/mol. The Kier molecular flexibility index (Phi) is 7.68. The van der Waals surface area contributed by atoms with Crippen LogP contribution in [0.15, 0.2) is 12.1 Å². The van der Waals surface area contributed by atoms with Gasteiger partial charge in [-0.05, 0) is 12.1 Å². The lowest BCUT2D eigenvalue weighted by Crippen LogP contribution is -2.44. The lowest BCUT2D eigenvalue weighted by Gasteiger charge is -2.30. The third-order valence-corrected chi connectivity index (χ3v) is 5.07. The summed E-state index contributed by atoms with van der Waals surface area (Å²) < 4.78 is 31.1. The topological polar surface area (TPSA) is 79.3 Å². The summed E-state index contributed by atoms with van der Waals surface area (Å²) in [5, 5.41) is 3.41. The molecule has 0 aromatic carbocycles. The Morgan fingerprint density at radius 3 is 2.40 bits per heavy atom. The zero-order chi connectivity index (χ0) is 19.3. The number of alkyl halides is 1. The lowest BCUT2D eigenvalue weighted by atomic mass is 9.91. The number of quaternary nitrogens is 1. The summed E-state index contributed by atoms with van der Waals surface area (Å²) in [4.78, 5) is 4.59. The molecule has 0 aliphatic heterocycles. The molecule has 0 saturated carbocycles. The van der Waals surface area contributed by atoms with Crippen molar-refractivity contribution in [2.45, 2.75) is 38.5 Å². The molecular weight excluding hydrogens is 362 g/mol. The maximum Gasteiger partial charge on any atom is 0.265 e. The fourth-order valence-electron chi connectivity index (χ4n) is 2.43. The van der Waals surface area contributed by atoms with E-state index in [0.29, 0.717) is 23.3 Å². The first kappa shape index (κ1) is 22.2. The van der Waals surface area contributed by atoms with Crippen molar-refractivity contribution in [1.82, 2.24) is 4.98 Å².